The number of carbonyl (C=O) groups is 6. The summed E-state index contributed by atoms with van der Waals surface area (Å²) in [5.41, 5.74) is 16.5. The fourth-order valence-electron chi connectivity index (χ4n) is 2.64. The van der Waals surface area contributed by atoms with Crippen molar-refractivity contribution in [1.29, 1.82) is 0 Å². The standard InChI is InChI=1S/C18H28N8O7/c1-8(24-16(30)10(19)4-9-6-22-7-23-9)15(29)25-11(2-3-13(20)27)17(31)26-12(18(32)33)5-14(21)28/h6-8,10-12H,2-5,19H2,1H3,(H2,20,27)(H2,21,28)(H,22,23)(H,24,30)(H,25,29)(H,26,31)(H,32,33). The summed E-state index contributed by atoms with van der Waals surface area (Å²) in [4.78, 5) is 77.2. The monoisotopic (exact) mass is 468 g/mol. The lowest BCUT2D eigenvalue weighted by molar-refractivity contribution is -0.144. The summed E-state index contributed by atoms with van der Waals surface area (Å²) in [7, 11) is 0. The molecule has 1 aromatic heterocycles. The van der Waals surface area contributed by atoms with Crippen LogP contribution in [-0.4, -0.2) is 74.7 Å². The molecule has 15 nitrogen and oxygen atoms in total. The zero-order valence-electron chi connectivity index (χ0n) is 17.9. The fourth-order valence-corrected chi connectivity index (χ4v) is 2.64. The van der Waals surface area contributed by atoms with Crippen molar-refractivity contribution in [3.63, 3.8) is 0 Å². The number of carbonyl (C=O) groups excluding carboxylic acids is 5. The molecule has 0 spiro atoms. The van der Waals surface area contributed by atoms with Crippen LogP contribution in [0.4, 0.5) is 0 Å². The zero-order valence-corrected chi connectivity index (χ0v) is 17.9. The quantitative estimate of drug-likeness (QED) is 0.132. The molecule has 0 aliphatic rings. The maximum atomic E-state index is 12.5. The molecule has 1 rings (SSSR count). The summed E-state index contributed by atoms with van der Waals surface area (Å²) in [5.74, 6) is -5.67. The van der Waals surface area contributed by atoms with Gasteiger partial charge >= 0.3 is 5.97 Å². The van der Waals surface area contributed by atoms with Gasteiger partial charge in [0.2, 0.25) is 29.5 Å². The molecule has 1 heterocycles. The summed E-state index contributed by atoms with van der Waals surface area (Å²) >= 11 is 0. The molecule has 0 bridgehead atoms. The number of rotatable bonds is 14. The molecule has 0 aromatic carbocycles. The average molecular weight is 468 g/mol. The van der Waals surface area contributed by atoms with Crippen LogP contribution in [0.2, 0.25) is 0 Å². The van der Waals surface area contributed by atoms with E-state index in [1.165, 1.54) is 19.4 Å². The summed E-state index contributed by atoms with van der Waals surface area (Å²) in [6, 6.07) is -5.13. The topological polar surface area (TPSA) is 265 Å². The number of hydrogen-bond acceptors (Lipinski definition) is 8. The maximum Gasteiger partial charge on any atom is 0.326 e. The van der Waals surface area contributed by atoms with Crippen molar-refractivity contribution in [2.75, 3.05) is 0 Å². The van der Waals surface area contributed by atoms with E-state index in [1.807, 2.05) is 0 Å². The Morgan fingerprint density at radius 1 is 1.00 bits per heavy atom. The number of aromatic amines is 1. The Morgan fingerprint density at radius 2 is 1.64 bits per heavy atom. The molecule has 5 amide bonds. The van der Waals surface area contributed by atoms with Gasteiger partial charge in [-0.2, -0.15) is 0 Å². The Labute approximate surface area is 188 Å². The molecule has 0 aliphatic heterocycles. The molecule has 0 fully saturated rings. The number of hydrogen-bond donors (Lipinski definition) is 8. The predicted molar refractivity (Wildman–Crippen MR) is 112 cm³/mol. The van der Waals surface area contributed by atoms with Gasteiger partial charge in [0.15, 0.2) is 0 Å². The van der Waals surface area contributed by atoms with Crippen molar-refractivity contribution >= 4 is 35.5 Å². The Kier molecular flexibility index (Phi) is 10.4. The molecule has 182 valence electrons. The second-order valence-electron chi connectivity index (χ2n) is 7.25. The van der Waals surface area contributed by atoms with Crippen molar-refractivity contribution in [2.45, 2.75) is 56.8 Å². The van der Waals surface area contributed by atoms with Crippen molar-refractivity contribution in [2.24, 2.45) is 17.2 Å². The van der Waals surface area contributed by atoms with Crippen molar-refractivity contribution in [1.82, 2.24) is 25.9 Å². The summed E-state index contributed by atoms with van der Waals surface area (Å²) in [6.07, 6.45) is 1.82. The first-order valence-corrected chi connectivity index (χ1v) is 9.84. The van der Waals surface area contributed by atoms with E-state index >= 15 is 0 Å². The molecule has 33 heavy (non-hydrogen) atoms. The first kappa shape index (κ1) is 27.0. The lowest BCUT2D eigenvalue weighted by atomic mass is 10.1. The number of aliphatic carboxylic acids is 1. The van der Waals surface area contributed by atoms with Crippen LogP contribution in [0.15, 0.2) is 12.5 Å². The van der Waals surface area contributed by atoms with Crippen LogP contribution in [0.3, 0.4) is 0 Å². The average Bonchev–Trinajstić information content (AvgIpc) is 3.22. The summed E-state index contributed by atoms with van der Waals surface area (Å²) in [5, 5.41) is 15.9. The Balaban J connectivity index is 2.78. The third kappa shape index (κ3) is 9.77. The van der Waals surface area contributed by atoms with Gasteiger partial charge in [0.1, 0.15) is 18.1 Å². The molecular weight excluding hydrogens is 440 g/mol. The van der Waals surface area contributed by atoms with Gasteiger partial charge in [-0.05, 0) is 13.3 Å². The Bertz CT molecular complexity index is 873. The molecule has 1 aromatic rings. The van der Waals surface area contributed by atoms with Crippen LogP contribution >= 0.6 is 0 Å². The molecule has 15 heteroatoms. The molecule has 0 saturated heterocycles. The highest BCUT2D eigenvalue weighted by molar-refractivity contribution is 5.95. The first-order chi connectivity index (χ1) is 15.4. The highest BCUT2D eigenvalue weighted by Gasteiger charge is 2.29. The van der Waals surface area contributed by atoms with E-state index in [2.05, 4.69) is 25.9 Å². The smallest absolute Gasteiger partial charge is 0.326 e. The molecule has 0 radical (unpaired) electrons. The third-order valence-electron chi connectivity index (χ3n) is 4.42. The van der Waals surface area contributed by atoms with Gasteiger partial charge < -0.3 is 43.2 Å². The van der Waals surface area contributed by atoms with Gasteiger partial charge in [0, 0.05) is 24.7 Å². The minimum absolute atomic E-state index is 0.139. The van der Waals surface area contributed by atoms with Gasteiger partial charge in [0.25, 0.3) is 0 Å². The van der Waals surface area contributed by atoms with Crippen LogP contribution in [-0.2, 0) is 35.2 Å². The Morgan fingerprint density at radius 3 is 2.15 bits per heavy atom. The van der Waals surface area contributed by atoms with E-state index in [1.54, 1.807) is 0 Å². The van der Waals surface area contributed by atoms with Crippen LogP contribution in [0.1, 0.15) is 31.9 Å². The second kappa shape index (κ2) is 12.7. The van der Waals surface area contributed by atoms with Crippen LogP contribution in [0.5, 0.6) is 0 Å². The number of H-pyrrole nitrogens is 1. The van der Waals surface area contributed by atoms with Gasteiger partial charge in [-0.15, -0.1) is 0 Å². The van der Waals surface area contributed by atoms with Crippen molar-refractivity contribution in [3.8, 4) is 0 Å². The van der Waals surface area contributed by atoms with Crippen LogP contribution < -0.4 is 33.2 Å². The fraction of sp³-hybridized carbons (Fsp3) is 0.500. The third-order valence-corrected chi connectivity index (χ3v) is 4.42. The highest BCUT2D eigenvalue weighted by atomic mass is 16.4. The Hall–Kier alpha value is -4.01. The predicted octanol–water partition coefficient (Wildman–Crippen LogP) is -4.02. The van der Waals surface area contributed by atoms with E-state index in [4.69, 9.17) is 22.3 Å². The number of amides is 5. The largest absolute Gasteiger partial charge is 0.480 e. The number of nitrogens with one attached hydrogen (secondary N) is 4. The van der Waals surface area contributed by atoms with Gasteiger partial charge in [-0.25, -0.2) is 9.78 Å². The van der Waals surface area contributed by atoms with Gasteiger partial charge in [-0.1, -0.05) is 0 Å². The van der Waals surface area contributed by atoms with E-state index in [9.17, 15) is 28.8 Å². The number of primary amides is 2. The molecular formula is C18H28N8O7. The minimum atomic E-state index is -1.64. The minimum Gasteiger partial charge on any atom is -0.480 e. The van der Waals surface area contributed by atoms with E-state index in [-0.39, 0.29) is 19.3 Å². The summed E-state index contributed by atoms with van der Waals surface area (Å²) in [6.45, 7) is 1.34. The number of imidazole rings is 1. The second-order valence-corrected chi connectivity index (χ2v) is 7.25. The molecule has 11 N–H and O–H groups in total. The summed E-state index contributed by atoms with van der Waals surface area (Å²) < 4.78 is 0. The maximum absolute atomic E-state index is 12.5. The lowest BCUT2D eigenvalue weighted by Crippen LogP contribution is -2.56. The SMILES string of the molecule is CC(NC(=O)C(N)Cc1cnc[nH]1)C(=O)NC(CCC(N)=O)C(=O)NC(CC(N)=O)C(=O)O. The van der Waals surface area contributed by atoms with Crippen LogP contribution in [0, 0.1) is 0 Å². The van der Waals surface area contributed by atoms with Gasteiger partial charge in [-0.3, -0.25) is 24.0 Å². The number of nitrogens with zero attached hydrogens (tertiary/aromatic N) is 1. The number of nitrogens with two attached hydrogens (primary N) is 3. The van der Waals surface area contributed by atoms with Crippen molar-refractivity contribution < 1.29 is 33.9 Å². The van der Waals surface area contributed by atoms with Crippen molar-refractivity contribution in [3.05, 3.63) is 18.2 Å². The number of aromatic nitrogens is 2. The normalized spacial score (nSPS) is 14.2. The van der Waals surface area contributed by atoms with Gasteiger partial charge in [0.05, 0.1) is 18.8 Å². The lowest BCUT2D eigenvalue weighted by Gasteiger charge is -2.23. The highest BCUT2D eigenvalue weighted by Crippen LogP contribution is 2.02. The zero-order chi connectivity index (χ0) is 25.1. The van der Waals surface area contributed by atoms with Crippen LogP contribution in [0.25, 0.3) is 0 Å². The molecule has 0 saturated carbocycles. The molecule has 4 atom stereocenters. The van der Waals surface area contributed by atoms with E-state index < -0.39 is 66.1 Å². The van der Waals surface area contributed by atoms with E-state index in [0.717, 1.165) is 0 Å². The molecule has 4 unspecified atom stereocenters. The molecule has 0 aliphatic carbocycles. The number of carboxylic acid groups (broad SMARTS) is 1. The first-order valence-electron chi connectivity index (χ1n) is 9.84. The number of carboxylic acids is 1. The van der Waals surface area contributed by atoms with E-state index in [0.29, 0.717) is 5.69 Å².